The molecule has 0 aliphatic rings. The summed E-state index contributed by atoms with van der Waals surface area (Å²) in [6, 6.07) is 9.99. The molecule has 0 aliphatic heterocycles. The molecule has 0 radical (unpaired) electrons. The highest BCUT2D eigenvalue weighted by Crippen LogP contribution is 2.24. The van der Waals surface area contributed by atoms with Gasteiger partial charge in [0, 0.05) is 22.6 Å². The summed E-state index contributed by atoms with van der Waals surface area (Å²) in [6.45, 7) is 2.74. The summed E-state index contributed by atoms with van der Waals surface area (Å²) in [4.78, 5) is 4.54. The molecular formula is C15H13BrClN3. The second-order valence-electron chi connectivity index (χ2n) is 4.68. The third-order valence-electron chi connectivity index (χ3n) is 3.05. The Balaban J connectivity index is 1.79. The van der Waals surface area contributed by atoms with Crippen LogP contribution in [0.1, 0.15) is 11.3 Å². The average molecular weight is 351 g/mol. The molecule has 0 fully saturated rings. The Bertz CT molecular complexity index is 767. The first-order chi connectivity index (χ1) is 9.61. The molecule has 2 heterocycles. The van der Waals surface area contributed by atoms with Gasteiger partial charge in [0.15, 0.2) is 0 Å². The summed E-state index contributed by atoms with van der Waals surface area (Å²) in [5, 5.41) is 4.08. The maximum Gasteiger partial charge on any atom is 0.137 e. The number of hydrogen-bond donors (Lipinski definition) is 1. The van der Waals surface area contributed by atoms with E-state index >= 15 is 0 Å². The molecule has 0 spiro atoms. The van der Waals surface area contributed by atoms with Crippen molar-refractivity contribution >= 4 is 38.9 Å². The van der Waals surface area contributed by atoms with E-state index in [0.29, 0.717) is 11.6 Å². The van der Waals surface area contributed by atoms with E-state index < -0.39 is 0 Å². The highest BCUT2D eigenvalue weighted by Gasteiger charge is 2.04. The van der Waals surface area contributed by atoms with Gasteiger partial charge in [-0.1, -0.05) is 17.7 Å². The van der Waals surface area contributed by atoms with Gasteiger partial charge in [0.1, 0.15) is 5.65 Å². The maximum absolute atomic E-state index is 5.97. The van der Waals surface area contributed by atoms with Gasteiger partial charge in [-0.05, 0) is 52.7 Å². The van der Waals surface area contributed by atoms with Gasteiger partial charge >= 0.3 is 0 Å². The summed E-state index contributed by atoms with van der Waals surface area (Å²) in [5.41, 5.74) is 4.16. The number of benzene rings is 1. The van der Waals surface area contributed by atoms with Gasteiger partial charge in [0.25, 0.3) is 0 Å². The summed E-state index contributed by atoms with van der Waals surface area (Å²) in [6.07, 6.45) is 3.84. The summed E-state index contributed by atoms with van der Waals surface area (Å²) in [7, 11) is 0. The topological polar surface area (TPSA) is 29.3 Å². The number of pyridine rings is 1. The zero-order chi connectivity index (χ0) is 14.1. The van der Waals surface area contributed by atoms with Crippen LogP contribution in [0.2, 0.25) is 5.02 Å². The highest BCUT2D eigenvalue weighted by molar-refractivity contribution is 9.10. The monoisotopic (exact) mass is 349 g/mol. The van der Waals surface area contributed by atoms with E-state index in [9.17, 15) is 0 Å². The van der Waals surface area contributed by atoms with Crippen LogP contribution < -0.4 is 5.32 Å². The minimum atomic E-state index is 0.668. The molecule has 3 rings (SSSR count). The molecule has 0 saturated heterocycles. The fourth-order valence-electron chi connectivity index (χ4n) is 2.05. The Morgan fingerprint density at radius 2 is 2.10 bits per heavy atom. The SMILES string of the molecule is Cc1ccc(NCc2cn3cc(Cl)ccc3n2)c(Br)c1. The molecule has 0 bridgehead atoms. The van der Waals surface area contributed by atoms with Crippen molar-refractivity contribution in [2.45, 2.75) is 13.5 Å². The van der Waals surface area contributed by atoms with E-state index in [1.165, 1.54) is 5.56 Å². The van der Waals surface area contributed by atoms with Gasteiger partial charge in [-0.25, -0.2) is 4.98 Å². The number of nitrogens with one attached hydrogen (secondary N) is 1. The van der Waals surface area contributed by atoms with Crippen molar-refractivity contribution in [1.82, 2.24) is 9.38 Å². The lowest BCUT2D eigenvalue weighted by atomic mass is 10.2. The number of imidazole rings is 1. The number of aryl methyl sites for hydroxylation is 1. The minimum absolute atomic E-state index is 0.668. The zero-order valence-corrected chi connectivity index (χ0v) is 13.2. The van der Waals surface area contributed by atoms with Crippen molar-refractivity contribution in [3.63, 3.8) is 0 Å². The van der Waals surface area contributed by atoms with Crippen LogP contribution in [0.5, 0.6) is 0 Å². The Hall–Kier alpha value is -1.52. The fraction of sp³-hybridized carbons (Fsp3) is 0.133. The van der Waals surface area contributed by atoms with Crippen molar-refractivity contribution in [1.29, 1.82) is 0 Å². The number of fused-ring (bicyclic) bond motifs is 1. The van der Waals surface area contributed by atoms with Crippen molar-refractivity contribution in [2.75, 3.05) is 5.32 Å². The summed E-state index contributed by atoms with van der Waals surface area (Å²) < 4.78 is 2.99. The smallest absolute Gasteiger partial charge is 0.137 e. The molecule has 5 heteroatoms. The quantitative estimate of drug-likeness (QED) is 0.743. The van der Waals surface area contributed by atoms with E-state index in [4.69, 9.17) is 11.6 Å². The second-order valence-corrected chi connectivity index (χ2v) is 5.97. The van der Waals surface area contributed by atoms with Crippen LogP contribution in [0.15, 0.2) is 47.2 Å². The molecule has 3 aromatic rings. The highest BCUT2D eigenvalue weighted by atomic mass is 79.9. The van der Waals surface area contributed by atoms with Crippen LogP contribution in [-0.2, 0) is 6.54 Å². The lowest BCUT2D eigenvalue weighted by Gasteiger charge is -2.07. The molecule has 0 amide bonds. The molecule has 1 N–H and O–H groups in total. The van der Waals surface area contributed by atoms with E-state index in [0.717, 1.165) is 21.5 Å². The Labute approximate surface area is 130 Å². The average Bonchev–Trinajstić information content (AvgIpc) is 2.79. The van der Waals surface area contributed by atoms with Crippen LogP contribution in [0.3, 0.4) is 0 Å². The third kappa shape index (κ3) is 2.81. The lowest BCUT2D eigenvalue weighted by Crippen LogP contribution is -2.00. The number of halogens is 2. The van der Waals surface area contributed by atoms with Crippen molar-refractivity contribution in [3.05, 3.63) is 63.5 Å². The van der Waals surface area contributed by atoms with Crippen LogP contribution in [0.25, 0.3) is 5.65 Å². The Kier molecular flexibility index (Phi) is 3.68. The first-order valence-corrected chi connectivity index (χ1v) is 7.42. The summed E-state index contributed by atoms with van der Waals surface area (Å²) >= 11 is 9.53. The molecular weight excluding hydrogens is 338 g/mol. The van der Waals surface area contributed by atoms with Crippen LogP contribution in [0, 0.1) is 6.92 Å². The summed E-state index contributed by atoms with van der Waals surface area (Å²) in [5.74, 6) is 0. The Morgan fingerprint density at radius 3 is 2.90 bits per heavy atom. The van der Waals surface area contributed by atoms with E-state index in [1.807, 2.05) is 28.9 Å². The molecule has 0 unspecified atom stereocenters. The molecule has 0 aliphatic carbocycles. The van der Waals surface area contributed by atoms with E-state index in [2.05, 4.69) is 51.4 Å². The van der Waals surface area contributed by atoms with E-state index in [1.54, 1.807) is 0 Å². The molecule has 1 aromatic carbocycles. The number of anilines is 1. The molecule has 20 heavy (non-hydrogen) atoms. The predicted molar refractivity (Wildman–Crippen MR) is 86.4 cm³/mol. The number of rotatable bonds is 3. The predicted octanol–water partition coefficient (Wildman–Crippen LogP) is 4.67. The normalized spacial score (nSPS) is 10.9. The van der Waals surface area contributed by atoms with Gasteiger partial charge in [-0.15, -0.1) is 0 Å². The number of nitrogens with zero attached hydrogens (tertiary/aromatic N) is 2. The van der Waals surface area contributed by atoms with Crippen LogP contribution in [-0.4, -0.2) is 9.38 Å². The van der Waals surface area contributed by atoms with Gasteiger partial charge in [-0.3, -0.25) is 0 Å². The number of hydrogen-bond acceptors (Lipinski definition) is 2. The van der Waals surface area contributed by atoms with Crippen molar-refractivity contribution < 1.29 is 0 Å². The van der Waals surface area contributed by atoms with Gasteiger partial charge < -0.3 is 9.72 Å². The Morgan fingerprint density at radius 1 is 1.25 bits per heavy atom. The molecule has 0 atom stereocenters. The van der Waals surface area contributed by atoms with E-state index in [-0.39, 0.29) is 0 Å². The zero-order valence-electron chi connectivity index (χ0n) is 10.9. The maximum atomic E-state index is 5.97. The molecule has 3 nitrogen and oxygen atoms in total. The van der Waals surface area contributed by atoms with Crippen molar-refractivity contribution in [3.8, 4) is 0 Å². The van der Waals surface area contributed by atoms with Crippen molar-refractivity contribution in [2.24, 2.45) is 0 Å². The first-order valence-electron chi connectivity index (χ1n) is 6.25. The first kappa shape index (κ1) is 13.5. The van der Waals surface area contributed by atoms with Gasteiger partial charge in [-0.2, -0.15) is 0 Å². The third-order valence-corrected chi connectivity index (χ3v) is 3.93. The van der Waals surface area contributed by atoms with Gasteiger partial charge in [0.05, 0.1) is 17.3 Å². The lowest BCUT2D eigenvalue weighted by molar-refractivity contribution is 1.08. The fourth-order valence-corrected chi connectivity index (χ4v) is 2.85. The molecule has 2 aromatic heterocycles. The number of aromatic nitrogens is 2. The van der Waals surface area contributed by atoms with Crippen LogP contribution >= 0.6 is 27.5 Å². The minimum Gasteiger partial charge on any atom is -0.378 e. The standard InChI is InChI=1S/C15H13BrClN3/c1-10-2-4-14(13(16)6-10)18-7-12-9-20-8-11(17)3-5-15(20)19-12/h2-6,8-9,18H,7H2,1H3. The van der Waals surface area contributed by atoms with Gasteiger partial charge in [0.2, 0.25) is 0 Å². The van der Waals surface area contributed by atoms with Crippen LogP contribution in [0.4, 0.5) is 5.69 Å². The second kappa shape index (κ2) is 5.46. The largest absolute Gasteiger partial charge is 0.378 e. The molecule has 0 saturated carbocycles. The molecule has 102 valence electrons.